The second-order valence-electron chi connectivity index (χ2n) is 8.20. The standard InChI is InChI=1S/C26H25NO7S/c1-4-33-23(28)16-26(25(30)34-5-2)22-15-19-9-7-6-8-18(19)14-21(22)24(29)27(26)35(31,32)20-12-10-17(3)11-13-20/h6-15H,4-5,16H2,1-3H3. The van der Waals surface area contributed by atoms with Crippen LogP contribution in [0.15, 0.2) is 65.6 Å². The number of nitrogens with zero attached hydrogens (tertiary/aromatic N) is 1. The Bertz CT molecular complexity index is 1430. The van der Waals surface area contributed by atoms with E-state index in [1.54, 1.807) is 63.2 Å². The highest BCUT2D eigenvalue weighted by molar-refractivity contribution is 7.89. The van der Waals surface area contributed by atoms with Gasteiger partial charge in [0.15, 0.2) is 5.54 Å². The van der Waals surface area contributed by atoms with Crippen molar-refractivity contribution in [2.75, 3.05) is 13.2 Å². The van der Waals surface area contributed by atoms with E-state index in [0.717, 1.165) is 5.56 Å². The molecule has 0 N–H and O–H groups in total. The van der Waals surface area contributed by atoms with Gasteiger partial charge in [0.25, 0.3) is 15.9 Å². The van der Waals surface area contributed by atoms with Crippen molar-refractivity contribution in [2.24, 2.45) is 0 Å². The molecule has 3 aromatic carbocycles. The molecule has 9 heteroatoms. The number of amides is 1. The van der Waals surface area contributed by atoms with Crippen molar-refractivity contribution in [3.8, 4) is 0 Å². The van der Waals surface area contributed by atoms with E-state index in [2.05, 4.69) is 0 Å². The topological polar surface area (TPSA) is 107 Å². The Hall–Kier alpha value is -3.72. The predicted molar refractivity (Wildman–Crippen MR) is 128 cm³/mol. The number of carbonyl (C=O) groups is 3. The van der Waals surface area contributed by atoms with E-state index >= 15 is 0 Å². The number of carbonyl (C=O) groups excluding carboxylic acids is 3. The van der Waals surface area contributed by atoms with Crippen LogP contribution in [0.5, 0.6) is 0 Å². The molecular weight excluding hydrogens is 470 g/mol. The van der Waals surface area contributed by atoms with Crippen LogP contribution >= 0.6 is 0 Å². The summed E-state index contributed by atoms with van der Waals surface area (Å²) in [5.74, 6) is -2.77. The van der Waals surface area contributed by atoms with E-state index in [1.165, 1.54) is 18.2 Å². The molecule has 0 bridgehead atoms. The maximum atomic E-state index is 13.9. The molecule has 182 valence electrons. The van der Waals surface area contributed by atoms with Crippen LogP contribution in [-0.2, 0) is 34.6 Å². The first-order valence-corrected chi connectivity index (χ1v) is 12.6. The molecule has 0 spiro atoms. The number of rotatable bonds is 7. The highest BCUT2D eigenvalue weighted by Gasteiger charge is 2.62. The van der Waals surface area contributed by atoms with Gasteiger partial charge >= 0.3 is 11.9 Å². The molecule has 0 saturated carbocycles. The number of ether oxygens (including phenoxy) is 2. The van der Waals surface area contributed by atoms with Gasteiger partial charge in [0.1, 0.15) is 0 Å². The molecule has 1 heterocycles. The second-order valence-corrected chi connectivity index (χ2v) is 9.98. The van der Waals surface area contributed by atoms with Gasteiger partial charge in [0.05, 0.1) is 24.5 Å². The first kappa shape index (κ1) is 24.4. The molecule has 4 rings (SSSR count). The fourth-order valence-electron chi connectivity index (χ4n) is 4.38. The molecule has 0 fully saturated rings. The molecule has 35 heavy (non-hydrogen) atoms. The van der Waals surface area contributed by atoms with E-state index in [0.29, 0.717) is 15.1 Å². The summed E-state index contributed by atoms with van der Waals surface area (Å²) in [5.41, 5.74) is -1.35. The van der Waals surface area contributed by atoms with Crippen LogP contribution in [-0.4, -0.2) is 43.8 Å². The Labute approximate surface area is 203 Å². The largest absolute Gasteiger partial charge is 0.466 e. The first-order valence-electron chi connectivity index (χ1n) is 11.2. The number of benzene rings is 3. The Balaban J connectivity index is 2.06. The number of fused-ring (bicyclic) bond motifs is 2. The van der Waals surface area contributed by atoms with Gasteiger partial charge < -0.3 is 9.47 Å². The number of esters is 2. The normalized spacial score (nSPS) is 17.3. The van der Waals surface area contributed by atoms with Crippen molar-refractivity contribution in [2.45, 2.75) is 37.6 Å². The molecule has 0 saturated heterocycles. The van der Waals surface area contributed by atoms with Gasteiger partial charge in [-0.2, -0.15) is 0 Å². The Kier molecular flexibility index (Phi) is 6.38. The summed E-state index contributed by atoms with van der Waals surface area (Å²) in [6, 6.07) is 16.1. The molecule has 3 aromatic rings. The third-order valence-corrected chi connectivity index (χ3v) is 7.80. The third-order valence-electron chi connectivity index (χ3n) is 5.97. The van der Waals surface area contributed by atoms with Gasteiger partial charge in [-0.3, -0.25) is 9.59 Å². The van der Waals surface area contributed by atoms with Crippen LogP contribution in [0.2, 0.25) is 0 Å². The number of hydrogen-bond acceptors (Lipinski definition) is 7. The summed E-state index contributed by atoms with van der Waals surface area (Å²) in [4.78, 5) is 40.0. The summed E-state index contributed by atoms with van der Waals surface area (Å²) in [6.07, 6.45) is -0.720. The van der Waals surface area contributed by atoms with Crippen molar-refractivity contribution in [3.05, 3.63) is 77.4 Å². The average Bonchev–Trinajstić information content (AvgIpc) is 3.06. The fraction of sp³-hybridized carbons (Fsp3) is 0.269. The van der Waals surface area contributed by atoms with Crippen LogP contribution in [0.4, 0.5) is 0 Å². The summed E-state index contributed by atoms with van der Waals surface area (Å²) in [7, 11) is -4.59. The van der Waals surface area contributed by atoms with E-state index in [4.69, 9.17) is 9.47 Å². The lowest BCUT2D eigenvalue weighted by molar-refractivity contribution is -0.160. The third kappa shape index (κ3) is 3.95. The lowest BCUT2D eigenvalue weighted by Crippen LogP contribution is -2.54. The van der Waals surface area contributed by atoms with E-state index in [1.807, 2.05) is 0 Å². The second kappa shape index (κ2) is 9.14. The van der Waals surface area contributed by atoms with E-state index in [-0.39, 0.29) is 29.2 Å². The maximum Gasteiger partial charge on any atom is 0.338 e. The highest BCUT2D eigenvalue weighted by atomic mass is 32.2. The van der Waals surface area contributed by atoms with Crippen molar-refractivity contribution < 1.29 is 32.3 Å². The molecule has 1 aliphatic heterocycles. The minimum absolute atomic E-state index is 0.0109. The molecule has 1 unspecified atom stereocenters. The van der Waals surface area contributed by atoms with Crippen LogP contribution in [0.1, 0.15) is 41.8 Å². The van der Waals surface area contributed by atoms with Gasteiger partial charge in [0.2, 0.25) is 0 Å². The van der Waals surface area contributed by atoms with Gasteiger partial charge in [-0.25, -0.2) is 17.5 Å². The van der Waals surface area contributed by atoms with Gasteiger partial charge in [-0.15, -0.1) is 0 Å². The van der Waals surface area contributed by atoms with Crippen LogP contribution in [0.3, 0.4) is 0 Å². The minimum Gasteiger partial charge on any atom is -0.466 e. The number of aryl methyl sites for hydroxylation is 1. The predicted octanol–water partition coefficient (Wildman–Crippen LogP) is 3.70. The monoisotopic (exact) mass is 495 g/mol. The van der Waals surface area contributed by atoms with Crippen LogP contribution in [0.25, 0.3) is 10.8 Å². The molecule has 0 aliphatic carbocycles. The van der Waals surface area contributed by atoms with Crippen molar-refractivity contribution in [3.63, 3.8) is 0 Å². The van der Waals surface area contributed by atoms with Crippen molar-refractivity contribution in [1.29, 1.82) is 0 Å². The molecular formula is C26H25NO7S. The molecule has 1 atom stereocenters. The molecule has 8 nitrogen and oxygen atoms in total. The lowest BCUT2D eigenvalue weighted by atomic mass is 9.85. The Morgan fingerprint density at radius 3 is 2.11 bits per heavy atom. The fourth-order valence-corrected chi connectivity index (χ4v) is 6.04. The highest BCUT2D eigenvalue weighted by Crippen LogP contribution is 2.47. The van der Waals surface area contributed by atoms with Crippen molar-refractivity contribution in [1.82, 2.24) is 4.31 Å². The van der Waals surface area contributed by atoms with Gasteiger partial charge in [0, 0.05) is 11.1 Å². The molecule has 0 radical (unpaired) electrons. The van der Waals surface area contributed by atoms with Crippen LogP contribution in [0, 0.1) is 6.92 Å². The zero-order chi connectivity index (χ0) is 25.4. The SMILES string of the molecule is CCOC(=O)CC1(C(=O)OCC)c2cc3ccccc3cc2C(=O)N1S(=O)(=O)c1ccc(C)cc1. The van der Waals surface area contributed by atoms with E-state index < -0.39 is 39.8 Å². The molecule has 0 aromatic heterocycles. The smallest absolute Gasteiger partial charge is 0.338 e. The number of sulfonamides is 1. The minimum atomic E-state index is -4.59. The molecule has 1 aliphatic rings. The van der Waals surface area contributed by atoms with Crippen LogP contribution < -0.4 is 0 Å². The first-order chi connectivity index (χ1) is 16.7. The quantitative estimate of drug-likeness (QED) is 0.460. The Morgan fingerprint density at radius 1 is 0.914 bits per heavy atom. The summed E-state index contributed by atoms with van der Waals surface area (Å²) < 4.78 is 38.8. The number of hydrogen-bond donors (Lipinski definition) is 0. The zero-order valence-electron chi connectivity index (χ0n) is 19.6. The van der Waals surface area contributed by atoms with Gasteiger partial charge in [-0.05, 0) is 55.8 Å². The summed E-state index contributed by atoms with van der Waals surface area (Å²) in [6.45, 7) is 4.88. The van der Waals surface area contributed by atoms with Crippen molar-refractivity contribution >= 4 is 38.6 Å². The average molecular weight is 496 g/mol. The summed E-state index contributed by atoms with van der Waals surface area (Å²) in [5, 5.41) is 1.36. The van der Waals surface area contributed by atoms with Gasteiger partial charge in [-0.1, -0.05) is 42.0 Å². The maximum absolute atomic E-state index is 13.9. The lowest BCUT2D eigenvalue weighted by Gasteiger charge is -2.35. The Morgan fingerprint density at radius 2 is 1.51 bits per heavy atom. The van der Waals surface area contributed by atoms with E-state index in [9.17, 15) is 22.8 Å². The summed E-state index contributed by atoms with van der Waals surface area (Å²) >= 11 is 0. The zero-order valence-corrected chi connectivity index (χ0v) is 20.4. The molecule has 1 amide bonds.